The molecule has 0 bridgehead atoms. The molecule has 3 heterocycles. The summed E-state index contributed by atoms with van der Waals surface area (Å²) in [6.07, 6.45) is 1.98. The van der Waals surface area contributed by atoms with E-state index in [-0.39, 0.29) is 0 Å². The molecule has 3 rings (SSSR count). The smallest absolute Gasteiger partial charge is 0.259 e. The van der Waals surface area contributed by atoms with Crippen molar-refractivity contribution in [3.8, 4) is 11.5 Å². The highest BCUT2D eigenvalue weighted by Crippen LogP contribution is 2.32. The molecule has 1 atom stereocenters. The van der Waals surface area contributed by atoms with Gasteiger partial charge in [-0.05, 0) is 25.3 Å². The lowest BCUT2D eigenvalue weighted by molar-refractivity contribution is 0.192. The molecule has 0 N–H and O–H groups in total. The van der Waals surface area contributed by atoms with Crippen molar-refractivity contribution < 1.29 is 9.26 Å². The second-order valence-corrected chi connectivity index (χ2v) is 5.64. The highest BCUT2D eigenvalue weighted by atomic mass is 32.1. The second-order valence-electron chi connectivity index (χ2n) is 4.56. The average Bonchev–Trinajstić information content (AvgIpc) is 3.08. The predicted molar refractivity (Wildman–Crippen MR) is 69.9 cm³/mol. The highest BCUT2D eigenvalue weighted by molar-refractivity contribution is 7.10. The van der Waals surface area contributed by atoms with Crippen LogP contribution in [0.4, 0.5) is 0 Å². The van der Waals surface area contributed by atoms with Gasteiger partial charge in [-0.25, -0.2) is 0 Å². The summed E-state index contributed by atoms with van der Waals surface area (Å²) in [6.45, 7) is 5.80. The Morgan fingerprint density at radius 2 is 2.39 bits per heavy atom. The summed E-state index contributed by atoms with van der Waals surface area (Å²) in [7, 11) is 0. The Kier molecular flexibility index (Phi) is 3.18. The van der Waals surface area contributed by atoms with Gasteiger partial charge in [0, 0.05) is 22.8 Å². The third-order valence-electron chi connectivity index (χ3n) is 3.42. The molecule has 1 saturated heterocycles. The van der Waals surface area contributed by atoms with Gasteiger partial charge in [0.1, 0.15) is 0 Å². The Hall–Kier alpha value is -1.20. The Bertz CT molecular complexity index is 541. The molecule has 0 unspecified atom stereocenters. The van der Waals surface area contributed by atoms with Crippen LogP contribution in [-0.2, 0) is 11.2 Å². The van der Waals surface area contributed by atoms with Crippen LogP contribution in [0, 0.1) is 6.92 Å². The molecule has 18 heavy (non-hydrogen) atoms. The summed E-state index contributed by atoms with van der Waals surface area (Å²) in [6, 6.07) is 0. The van der Waals surface area contributed by atoms with Gasteiger partial charge in [0.05, 0.1) is 12.2 Å². The van der Waals surface area contributed by atoms with Crippen molar-refractivity contribution in [3.63, 3.8) is 0 Å². The largest absolute Gasteiger partial charge is 0.381 e. The first-order valence-electron chi connectivity index (χ1n) is 6.28. The van der Waals surface area contributed by atoms with Crippen LogP contribution in [0.3, 0.4) is 0 Å². The van der Waals surface area contributed by atoms with Crippen LogP contribution in [-0.4, -0.2) is 23.4 Å². The molecule has 0 aromatic carbocycles. The molecule has 4 nitrogen and oxygen atoms in total. The average molecular weight is 264 g/mol. The number of aromatic nitrogens is 2. The van der Waals surface area contributed by atoms with Gasteiger partial charge in [0.2, 0.25) is 0 Å². The van der Waals surface area contributed by atoms with E-state index >= 15 is 0 Å². The molecule has 5 heteroatoms. The molecule has 96 valence electrons. The fraction of sp³-hybridized carbons (Fsp3) is 0.538. The Morgan fingerprint density at radius 1 is 1.50 bits per heavy atom. The first-order valence-corrected chi connectivity index (χ1v) is 7.16. The van der Waals surface area contributed by atoms with Crippen molar-refractivity contribution in [2.24, 2.45) is 0 Å². The Morgan fingerprint density at radius 3 is 3.11 bits per heavy atom. The molecule has 2 aromatic rings. The summed E-state index contributed by atoms with van der Waals surface area (Å²) in [5, 5.41) is 6.21. The van der Waals surface area contributed by atoms with Gasteiger partial charge in [-0.1, -0.05) is 12.1 Å². The standard InChI is InChI=1S/C13H16N2O2S/c1-3-10-8(2)18-7-11(10)13-14-12(15-17-13)9-4-5-16-6-9/h7,9H,3-6H2,1-2H3/t9-/m1/s1. The molecule has 0 saturated carbocycles. The molecule has 0 aliphatic carbocycles. The van der Waals surface area contributed by atoms with E-state index in [1.807, 2.05) is 0 Å². The molecule has 0 spiro atoms. The van der Waals surface area contributed by atoms with Crippen LogP contribution < -0.4 is 0 Å². The minimum Gasteiger partial charge on any atom is -0.381 e. The van der Waals surface area contributed by atoms with Crippen LogP contribution in [0.15, 0.2) is 9.90 Å². The van der Waals surface area contributed by atoms with E-state index in [1.54, 1.807) is 11.3 Å². The SMILES string of the molecule is CCc1c(-c2nc([C@@H]3CCOC3)no2)csc1C. The Labute approximate surface area is 110 Å². The van der Waals surface area contributed by atoms with Crippen molar-refractivity contribution in [3.05, 3.63) is 21.6 Å². The summed E-state index contributed by atoms with van der Waals surface area (Å²) in [5.41, 5.74) is 2.41. The first kappa shape index (κ1) is 11.9. The summed E-state index contributed by atoms with van der Waals surface area (Å²) in [4.78, 5) is 5.86. The van der Waals surface area contributed by atoms with Crippen LogP contribution >= 0.6 is 11.3 Å². The van der Waals surface area contributed by atoms with Gasteiger partial charge in [-0.3, -0.25) is 0 Å². The van der Waals surface area contributed by atoms with E-state index in [0.29, 0.717) is 18.4 Å². The molecule has 0 radical (unpaired) electrons. The number of nitrogens with zero attached hydrogens (tertiary/aromatic N) is 2. The minimum atomic E-state index is 0.298. The molecule has 2 aromatic heterocycles. The number of aryl methyl sites for hydroxylation is 1. The first-order chi connectivity index (χ1) is 8.79. The van der Waals surface area contributed by atoms with Crippen molar-refractivity contribution in [1.82, 2.24) is 10.1 Å². The van der Waals surface area contributed by atoms with Crippen LogP contribution in [0.5, 0.6) is 0 Å². The number of ether oxygens (including phenoxy) is 1. The normalized spacial score (nSPS) is 19.6. The van der Waals surface area contributed by atoms with Crippen molar-refractivity contribution in [2.45, 2.75) is 32.6 Å². The predicted octanol–water partition coefficient (Wildman–Crippen LogP) is 3.17. The topological polar surface area (TPSA) is 48.2 Å². The monoisotopic (exact) mass is 264 g/mol. The zero-order valence-electron chi connectivity index (χ0n) is 10.6. The summed E-state index contributed by atoms with van der Waals surface area (Å²) in [5.74, 6) is 1.74. The van der Waals surface area contributed by atoms with E-state index in [0.717, 1.165) is 30.8 Å². The second kappa shape index (κ2) is 4.82. The number of hydrogen-bond acceptors (Lipinski definition) is 5. The highest BCUT2D eigenvalue weighted by Gasteiger charge is 2.24. The molecule has 1 aliphatic rings. The van der Waals surface area contributed by atoms with Crippen LogP contribution in [0.2, 0.25) is 0 Å². The van der Waals surface area contributed by atoms with Crippen LogP contribution in [0.25, 0.3) is 11.5 Å². The fourth-order valence-electron chi connectivity index (χ4n) is 2.35. The number of thiophene rings is 1. The van der Waals surface area contributed by atoms with E-state index in [9.17, 15) is 0 Å². The van der Waals surface area contributed by atoms with Gasteiger partial charge >= 0.3 is 0 Å². The quantitative estimate of drug-likeness (QED) is 0.854. The summed E-state index contributed by atoms with van der Waals surface area (Å²) < 4.78 is 10.8. The lowest BCUT2D eigenvalue weighted by Gasteiger charge is -1.98. The fourth-order valence-corrected chi connectivity index (χ4v) is 3.28. The zero-order chi connectivity index (χ0) is 12.5. The van der Waals surface area contributed by atoms with Gasteiger partial charge in [0.25, 0.3) is 5.89 Å². The van der Waals surface area contributed by atoms with Crippen molar-refractivity contribution in [1.29, 1.82) is 0 Å². The molecule has 0 amide bonds. The van der Waals surface area contributed by atoms with Gasteiger partial charge in [-0.2, -0.15) is 4.98 Å². The van der Waals surface area contributed by atoms with Crippen molar-refractivity contribution >= 4 is 11.3 Å². The molecular formula is C13H16N2O2S. The lowest BCUT2D eigenvalue weighted by atomic mass is 10.1. The van der Waals surface area contributed by atoms with E-state index in [4.69, 9.17) is 9.26 Å². The molecule has 1 fully saturated rings. The van der Waals surface area contributed by atoms with Crippen LogP contribution in [0.1, 0.15) is 35.5 Å². The number of hydrogen-bond donors (Lipinski definition) is 0. The van der Waals surface area contributed by atoms with Gasteiger partial charge < -0.3 is 9.26 Å². The third-order valence-corrected chi connectivity index (χ3v) is 4.38. The molecule has 1 aliphatic heterocycles. The third kappa shape index (κ3) is 1.97. The molecular weight excluding hydrogens is 248 g/mol. The maximum Gasteiger partial charge on any atom is 0.259 e. The zero-order valence-corrected chi connectivity index (χ0v) is 11.4. The van der Waals surface area contributed by atoms with E-state index < -0.39 is 0 Å². The maximum absolute atomic E-state index is 5.41. The number of rotatable bonds is 3. The van der Waals surface area contributed by atoms with Gasteiger partial charge in [0.15, 0.2) is 5.82 Å². The minimum absolute atomic E-state index is 0.298. The van der Waals surface area contributed by atoms with Crippen molar-refractivity contribution in [2.75, 3.05) is 13.2 Å². The van der Waals surface area contributed by atoms with E-state index in [1.165, 1.54) is 10.4 Å². The Balaban J connectivity index is 1.92. The summed E-state index contributed by atoms with van der Waals surface area (Å²) >= 11 is 1.74. The van der Waals surface area contributed by atoms with Gasteiger partial charge in [-0.15, -0.1) is 11.3 Å². The maximum atomic E-state index is 5.41. The lowest BCUT2D eigenvalue weighted by Crippen LogP contribution is -1.99. The van der Waals surface area contributed by atoms with E-state index in [2.05, 4.69) is 29.4 Å².